The molecule has 0 unspecified atom stereocenters. The van der Waals surface area contributed by atoms with Crippen LogP contribution in [0.4, 0.5) is 4.79 Å². The van der Waals surface area contributed by atoms with Gasteiger partial charge in [-0.25, -0.2) is 4.79 Å². The van der Waals surface area contributed by atoms with Crippen molar-refractivity contribution >= 4 is 17.8 Å². The minimum atomic E-state index is -1.20. The fourth-order valence-corrected chi connectivity index (χ4v) is 3.62. The number of aryl methyl sites for hydroxylation is 1. The minimum Gasteiger partial charge on any atom is -0.336 e. The summed E-state index contributed by atoms with van der Waals surface area (Å²) >= 11 is 0. The van der Waals surface area contributed by atoms with E-state index in [9.17, 15) is 19.6 Å². The van der Waals surface area contributed by atoms with Gasteiger partial charge in [0, 0.05) is 0 Å². The molecule has 2 fully saturated rings. The molecule has 2 aliphatic rings. The SMILES string of the molecule is Cc1ccc([C@]2(C)NC(=O)N(CC(=O)NC3(C#N)CCCC3)C2=O)cc1. The summed E-state index contributed by atoms with van der Waals surface area (Å²) in [6.07, 6.45) is 2.94. The molecule has 1 saturated heterocycles. The standard InChI is InChI=1S/C19H22N4O3/c1-13-5-7-14(8-6-13)18(2)16(25)23(17(26)22-18)11-15(24)21-19(12-20)9-3-4-10-19/h5-8H,3-4,9-11H2,1-2H3,(H,21,24)(H,22,26)/t18-/m0/s1. The van der Waals surface area contributed by atoms with Crippen molar-refractivity contribution in [2.75, 3.05) is 6.54 Å². The average Bonchev–Trinajstić information content (AvgIpc) is 3.15. The second-order valence-corrected chi connectivity index (χ2v) is 7.26. The molecule has 7 nitrogen and oxygen atoms in total. The van der Waals surface area contributed by atoms with E-state index in [0.717, 1.165) is 23.3 Å². The third-order valence-electron chi connectivity index (χ3n) is 5.26. The van der Waals surface area contributed by atoms with Crippen LogP contribution in [0.5, 0.6) is 0 Å². The Hall–Kier alpha value is -2.88. The second-order valence-electron chi connectivity index (χ2n) is 7.26. The first-order valence-electron chi connectivity index (χ1n) is 8.73. The molecule has 2 N–H and O–H groups in total. The van der Waals surface area contributed by atoms with Crippen LogP contribution >= 0.6 is 0 Å². The van der Waals surface area contributed by atoms with Gasteiger partial charge < -0.3 is 10.6 Å². The molecule has 1 atom stereocenters. The number of nitriles is 1. The van der Waals surface area contributed by atoms with E-state index in [0.29, 0.717) is 18.4 Å². The molecule has 0 spiro atoms. The lowest BCUT2D eigenvalue weighted by Crippen LogP contribution is -2.50. The number of carbonyl (C=O) groups is 3. The zero-order valence-corrected chi connectivity index (χ0v) is 15.0. The number of nitrogens with zero attached hydrogens (tertiary/aromatic N) is 2. The van der Waals surface area contributed by atoms with Gasteiger partial charge in [-0.3, -0.25) is 14.5 Å². The smallest absolute Gasteiger partial charge is 0.325 e. The van der Waals surface area contributed by atoms with Gasteiger partial charge in [0.05, 0.1) is 6.07 Å². The van der Waals surface area contributed by atoms with Crippen molar-refractivity contribution in [2.24, 2.45) is 0 Å². The Labute approximate surface area is 152 Å². The lowest BCUT2D eigenvalue weighted by Gasteiger charge is -2.24. The van der Waals surface area contributed by atoms with Crippen LogP contribution in [0.1, 0.15) is 43.7 Å². The second kappa shape index (κ2) is 6.45. The van der Waals surface area contributed by atoms with Crippen molar-refractivity contribution in [1.82, 2.24) is 15.5 Å². The Balaban J connectivity index is 1.74. The summed E-state index contributed by atoms with van der Waals surface area (Å²) < 4.78 is 0. The highest BCUT2D eigenvalue weighted by Crippen LogP contribution is 2.30. The summed E-state index contributed by atoms with van der Waals surface area (Å²) in [6, 6.07) is 8.88. The van der Waals surface area contributed by atoms with Gasteiger partial charge in [0.2, 0.25) is 5.91 Å². The Kier molecular flexibility index (Phi) is 4.45. The Morgan fingerprint density at radius 3 is 2.46 bits per heavy atom. The van der Waals surface area contributed by atoms with Gasteiger partial charge in [-0.05, 0) is 45.1 Å². The largest absolute Gasteiger partial charge is 0.336 e. The van der Waals surface area contributed by atoms with Crippen molar-refractivity contribution in [2.45, 2.75) is 50.6 Å². The Morgan fingerprint density at radius 2 is 1.88 bits per heavy atom. The van der Waals surface area contributed by atoms with Crippen molar-refractivity contribution in [1.29, 1.82) is 5.26 Å². The third-order valence-corrected chi connectivity index (χ3v) is 5.26. The average molecular weight is 354 g/mol. The first-order valence-corrected chi connectivity index (χ1v) is 8.73. The zero-order valence-electron chi connectivity index (χ0n) is 15.0. The van der Waals surface area contributed by atoms with Gasteiger partial charge in [-0.1, -0.05) is 29.8 Å². The van der Waals surface area contributed by atoms with Gasteiger partial charge in [0.15, 0.2) is 0 Å². The van der Waals surface area contributed by atoms with Crippen LogP contribution in [-0.4, -0.2) is 34.8 Å². The van der Waals surface area contributed by atoms with Crippen LogP contribution in [0.2, 0.25) is 0 Å². The fourth-order valence-electron chi connectivity index (χ4n) is 3.62. The van der Waals surface area contributed by atoms with E-state index in [4.69, 9.17) is 0 Å². The summed E-state index contributed by atoms with van der Waals surface area (Å²) in [5.41, 5.74) is -0.376. The van der Waals surface area contributed by atoms with Crippen LogP contribution in [0.15, 0.2) is 24.3 Å². The molecular formula is C19H22N4O3. The summed E-state index contributed by atoms with van der Waals surface area (Å²) in [4.78, 5) is 38.4. The topological polar surface area (TPSA) is 102 Å². The van der Waals surface area contributed by atoms with Crippen molar-refractivity contribution < 1.29 is 14.4 Å². The highest BCUT2D eigenvalue weighted by atomic mass is 16.2. The van der Waals surface area contributed by atoms with Crippen LogP contribution in [-0.2, 0) is 15.1 Å². The van der Waals surface area contributed by atoms with Gasteiger partial charge in [0.25, 0.3) is 5.91 Å². The summed E-state index contributed by atoms with van der Waals surface area (Å²) in [6.45, 7) is 3.17. The molecule has 0 aromatic heterocycles. The third kappa shape index (κ3) is 3.03. The van der Waals surface area contributed by atoms with Crippen LogP contribution in [0, 0.1) is 18.3 Å². The first-order chi connectivity index (χ1) is 12.3. The predicted molar refractivity (Wildman–Crippen MR) is 93.7 cm³/mol. The van der Waals surface area contributed by atoms with Crippen LogP contribution in [0.3, 0.4) is 0 Å². The zero-order chi connectivity index (χ0) is 18.9. The molecule has 1 saturated carbocycles. The van der Waals surface area contributed by atoms with E-state index >= 15 is 0 Å². The Morgan fingerprint density at radius 1 is 1.27 bits per heavy atom. The molecule has 1 aromatic carbocycles. The molecule has 1 aliphatic carbocycles. The molecule has 7 heteroatoms. The van der Waals surface area contributed by atoms with E-state index in [-0.39, 0.29) is 0 Å². The molecule has 26 heavy (non-hydrogen) atoms. The predicted octanol–water partition coefficient (Wildman–Crippen LogP) is 1.71. The van der Waals surface area contributed by atoms with Crippen LogP contribution in [0.25, 0.3) is 0 Å². The molecular weight excluding hydrogens is 332 g/mol. The van der Waals surface area contributed by atoms with Gasteiger partial charge in [-0.2, -0.15) is 5.26 Å². The number of urea groups is 1. The summed E-state index contributed by atoms with van der Waals surface area (Å²) in [5.74, 6) is -0.968. The molecule has 3 rings (SSSR count). The van der Waals surface area contributed by atoms with Crippen molar-refractivity contribution in [3.05, 3.63) is 35.4 Å². The maximum atomic E-state index is 12.8. The maximum absolute atomic E-state index is 12.8. The normalized spacial score (nSPS) is 24.3. The number of imide groups is 1. The van der Waals surface area contributed by atoms with E-state index in [1.54, 1.807) is 19.1 Å². The number of rotatable bonds is 4. The minimum absolute atomic E-state index is 0.393. The molecule has 4 amide bonds. The number of nitrogens with one attached hydrogen (secondary N) is 2. The number of hydrogen-bond acceptors (Lipinski definition) is 4. The molecule has 1 aromatic rings. The van der Waals surface area contributed by atoms with Gasteiger partial charge >= 0.3 is 6.03 Å². The van der Waals surface area contributed by atoms with E-state index < -0.39 is 35.5 Å². The number of benzene rings is 1. The fraction of sp³-hybridized carbons (Fsp3) is 0.474. The molecule has 1 aliphatic heterocycles. The molecule has 0 bridgehead atoms. The van der Waals surface area contributed by atoms with E-state index in [1.165, 1.54) is 0 Å². The van der Waals surface area contributed by atoms with E-state index in [1.807, 2.05) is 19.1 Å². The molecule has 1 heterocycles. The highest BCUT2D eigenvalue weighted by molar-refractivity contribution is 6.09. The van der Waals surface area contributed by atoms with E-state index in [2.05, 4.69) is 16.7 Å². The molecule has 0 radical (unpaired) electrons. The maximum Gasteiger partial charge on any atom is 0.325 e. The summed E-state index contributed by atoms with van der Waals surface area (Å²) in [5, 5.41) is 14.8. The van der Waals surface area contributed by atoms with Crippen LogP contribution < -0.4 is 10.6 Å². The van der Waals surface area contributed by atoms with Gasteiger partial charge in [0.1, 0.15) is 17.6 Å². The van der Waals surface area contributed by atoms with Crippen molar-refractivity contribution in [3.8, 4) is 6.07 Å². The number of amides is 4. The number of carbonyl (C=O) groups excluding carboxylic acids is 3. The Bertz CT molecular complexity index is 790. The first kappa shape index (κ1) is 17.9. The monoisotopic (exact) mass is 354 g/mol. The lowest BCUT2D eigenvalue weighted by atomic mass is 9.91. The van der Waals surface area contributed by atoms with Gasteiger partial charge in [-0.15, -0.1) is 0 Å². The number of hydrogen-bond donors (Lipinski definition) is 2. The highest BCUT2D eigenvalue weighted by Gasteiger charge is 2.49. The van der Waals surface area contributed by atoms with Crippen molar-refractivity contribution in [3.63, 3.8) is 0 Å². The lowest BCUT2D eigenvalue weighted by molar-refractivity contribution is -0.135. The molecule has 136 valence electrons. The quantitative estimate of drug-likeness (QED) is 0.804. The summed E-state index contributed by atoms with van der Waals surface area (Å²) in [7, 11) is 0.